The normalized spacial score (nSPS) is 11.3. The van der Waals surface area contributed by atoms with E-state index >= 15 is 0 Å². The number of halogens is 3. The summed E-state index contributed by atoms with van der Waals surface area (Å²) in [7, 11) is 1.72. The summed E-state index contributed by atoms with van der Waals surface area (Å²) in [6.07, 6.45) is -1.28. The zero-order chi connectivity index (χ0) is 26.7. The van der Waals surface area contributed by atoms with Gasteiger partial charge in [-0.15, -0.1) is 5.10 Å². The van der Waals surface area contributed by atoms with Crippen molar-refractivity contribution < 1.29 is 22.7 Å². The van der Waals surface area contributed by atoms with Crippen LogP contribution in [-0.2, 0) is 6.18 Å². The van der Waals surface area contributed by atoms with Gasteiger partial charge in [-0.25, -0.2) is 14.5 Å². The Balaban J connectivity index is 1.29. The molecule has 0 saturated carbocycles. The van der Waals surface area contributed by atoms with E-state index in [1.807, 2.05) is 0 Å². The van der Waals surface area contributed by atoms with Crippen LogP contribution in [0.5, 0.6) is 11.6 Å². The van der Waals surface area contributed by atoms with E-state index in [0.29, 0.717) is 34.7 Å². The summed E-state index contributed by atoms with van der Waals surface area (Å²) in [5, 5.41) is 12.9. The topological polar surface area (TPSA) is 118 Å². The highest BCUT2D eigenvalue weighted by Gasteiger charge is 2.30. The van der Waals surface area contributed by atoms with Gasteiger partial charge in [-0.2, -0.15) is 18.2 Å². The van der Waals surface area contributed by atoms with E-state index in [9.17, 15) is 18.0 Å². The highest BCUT2D eigenvalue weighted by molar-refractivity contribution is 6.04. The van der Waals surface area contributed by atoms with Crippen molar-refractivity contribution in [2.45, 2.75) is 6.18 Å². The molecule has 192 valence electrons. The van der Waals surface area contributed by atoms with Gasteiger partial charge < -0.3 is 20.7 Å². The summed E-state index contributed by atoms with van der Waals surface area (Å²) in [5.41, 5.74) is -0.121. The van der Waals surface area contributed by atoms with E-state index in [4.69, 9.17) is 4.74 Å². The number of aromatic nitrogens is 5. The van der Waals surface area contributed by atoms with E-state index in [0.717, 1.165) is 12.1 Å². The van der Waals surface area contributed by atoms with Gasteiger partial charge in [0.1, 0.15) is 11.6 Å². The Hall–Kier alpha value is -5.20. The van der Waals surface area contributed by atoms with Crippen LogP contribution in [0.2, 0.25) is 0 Å². The van der Waals surface area contributed by atoms with Crippen molar-refractivity contribution >= 4 is 34.8 Å². The van der Waals surface area contributed by atoms with Gasteiger partial charge in [-0.1, -0.05) is 12.1 Å². The van der Waals surface area contributed by atoms with Crippen molar-refractivity contribution in [2.24, 2.45) is 0 Å². The third-order valence-electron chi connectivity index (χ3n) is 5.20. The van der Waals surface area contributed by atoms with Gasteiger partial charge in [-0.3, -0.25) is 4.79 Å². The first-order chi connectivity index (χ1) is 18.3. The number of nitrogens with one attached hydrogen (secondary N) is 3. The van der Waals surface area contributed by atoms with Gasteiger partial charge in [0, 0.05) is 36.6 Å². The average molecular weight is 520 g/mol. The third-order valence-corrected chi connectivity index (χ3v) is 5.20. The number of alkyl halides is 3. The Bertz CT molecular complexity index is 1620. The predicted molar refractivity (Wildman–Crippen MR) is 134 cm³/mol. The Morgan fingerprint density at radius 1 is 0.974 bits per heavy atom. The average Bonchev–Trinajstić information content (AvgIpc) is 3.30. The molecule has 3 N–H and O–H groups in total. The second kappa shape index (κ2) is 10.0. The number of carbonyl (C=O) groups is 1. The molecule has 0 saturated heterocycles. The SMILES string of the molecule is CNc1nccc(Nc2cn3nc(Oc4cccc(NC(=O)c5cccc(C(F)(F)F)c5)c4)ccc3n2)n1. The number of hydrogen-bond acceptors (Lipinski definition) is 8. The number of amides is 1. The largest absolute Gasteiger partial charge is 0.438 e. The maximum atomic E-state index is 13.0. The molecule has 38 heavy (non-hydrogen) atoms. The van der Waals surface area contributed by atoms with Gasteiger partial charge in [0.2, 0.25) is 11.8 Å². The summed E-state index contributed by atoms with van der Waals surface area (Å²) in [6.45, 7) is 0. The van der Waals surface area contributed by atoms with Gasteiger partial charge in [-0.05, 0) is 42.5 Å². The molecule has 3 aromatic heterocycles. The molecule has 0 aliphatic rings. The second-order valence-corrected chi connectivity index (χ2v) is 7.90. The van der Waals surface area contributed by atoms with Crippen LogP contribution < -0.4 is 20.7 Å². The van der Waals surface area contributed by atoms with Crippen LogP contribution >= 0.6 is 0 Å². The number of imidazole rings is 1. The van der Waals surface area contributed by atoms with E-state index in [2.05, 4.69) is 36.0 Å². The monoisotopic (exact) mass is 520 g/mol. The second-order valence-electron chi connectivity index (χ2n) is 7.90. The van der Waals surface area contributed by atoms with Crippen LogP contribution in [0.25, 0.3) is 5.65 Å². The van der Waals surface area contributed by atoms with Crippen LogP contribution in [0.1, 0.15) is 15.9 Å². The summed E-state index contributed by atoms with van der Waals surface area (Å²) >= 11 is 0. The number of ether oxygens (including phenoxy) is 1. The Morgan fingerprint density at radius 3 is 2.63 bits per heavy atom. The molecule has 0 bridgehead atoms. The summed E-state index contributed by atoms with van der Waals surface area (Å²) in [4.78, 5) is 25.3. The minimum Gasteiger partial charge on any atom is -0.438 e. The first kappa shape index (κ1) is 24.5. The lowest BCUT2D eigenvalue weighted by Crippen LogP contribution is -2.13. The first-order valence-corrected chi connectivity index (χ1v) is 11.2. The number of hydrogen-bond donors (Lipinski definition) is 3. The fourth-order valence-corrected chi connectivity index (χ4v) is 3.46. The smallest absolute Gasteiger partial charge is 0.416 e. The van der Waals surface area contributed by atoms with E-state index in [1.54, 1.807) is 55.8 Å². The van der Waals surface area contributed by atoms with Crippen LogP contribution in [0.15, 0.2) is 79.1 Å². The van der Waals surface area contributed by atoms with Crippen LogP contribution in [0.3, 0.4) is 0 Å². The van der Waals surface area contributed by atoms with Gasteiger partial charge in [0.15, 0.2) is 11.5 Å². The molecule has 2 aromatic carbocycles. The molecule has 0 aliphatic heterocycles. The molecule has 10 nitrogen and oxygen atoms in total. The molecule has 1 amide bonds. The summed E-state index contributed by atoms with van der Waals surface area (Å²) in [6, 6.07) is 15.7. The molecular formula is C25H19F3N8O2. The van der Waals surface area contributed by atoms with Gasteiger partial charge in [0.25, 0.3) is 5.91 Å². The van der Waals surface area contributed by atoms with E-state index in [-0.39, 0.29) is 11.4 Å². The molecule has 0 radical (unpaired) electrons. The number of benzene rings is 2. The molecule has 0 aliphatic carbocycles. The van der Waals surface area contributed by atoms with Crippen molar-refractivity contribution in [3.8, 4) is 11.6 Å². The minimum atomic E-state index is -4.55. The maximum Gasteiger partial charge on any atom is 0.416 e. The number of anilines is 4. The molecule has 0 fully saturated rings. The molecule has 3 heterocycles. The molecule has 5 rings (SSSR count). The Morgan fingerprint density at radius 2 is 1.82 bits per heavy atom. The molecular weight excluding hydrogens is 501 g/mol. The molecule has 0 spiro atoms. The van der Waals surface area contributed by atoms with Gasteiger partial charge >= 0.3 is 6.18 Å². The van der Waals surface area contributed by atoms with E-state index in [1.165, 1.54) is 22.7 Å². The number of carbonyl (C=O) groups excluding carboxylic acids is 1. The quantitative estimate of drug-likeness (QED) is 0.262. The van der Waals surface area contributed by atoms with Gasteiger partial charge in [0.05, 0.1) is 11.8 Å². The number of fused-ring (bicyclic) bond motifs is 1. The van der Waals surface area contributed by atoms with Crippen molar-refractivity contribution in [3.05, 3.63) is 90.3 Å². The van der Waals surface area contributed by atoms with Crippen LogP contribution in [0, 0.1) is 0 Å². The van der Waals surface area contributed by atoms with Crippen LogP contribution in [0.4, 0.5) is 36.4 Å². The molecule has 0 unspecified atom stereocenters. The zero-order valence-corrected chi connectivity index (χ0v) is 19.7. The lowest BCUT2D eigenvalue weighted by atomic mass is 10.1. The maximum absolute atomic E-state index is 13.0. The molecule has 13 heteroatoms. The fourth-order valence-electron chi connectivity index (χ4n) is 3.46. The summed E-state index contributed by atoms with van der Waals surface area (Å²) in [5.74, 6) is 1.44. The van der Waals surface area contributed by atoms with Crippen LogP contribution in [-0.4, -0.2) is 37.5 Å². The lowest BCUT2D eigenvalue weighted by Gasteiger charge is -2.10. The highest BCUT2D eigenvalue weighted by Crippen LogP contribution is 2.30. The third kappa shape index (κ3) is 5.61. The summed E-state index contributed by atoms with van der Waals surface area (Å²) < 4.78 is 46.3. The highest BCUT2D eigenvalue weighted by atomic mass is 19.4. The fraction of sp³-hybridized carbons (Fsp3) is 0.0800. The van der Waals surface area contributed by atoms with Crippen molar-refractivity contribution in [1.29, 1.82) is 0 Å². The Labute approximate surface area is 213 Å². The van der Waals surface area contributed by atoms with E-state index < -0.39 is 17.6 Å². The standard InChI is InChI=1S/C25H19F3N8O2/c1-29-24-30-11-10-19(34-24)32-20-14-36-21(33-20)8-9-22(35-36)38-18-7-3-6-17(13-18)31-23(37)15-4-2-5-16(12-15)25(26,27)28/h2-14H,1H3,(H,31,37)(H2,29,30,32,34). The molecule has 0 atom stereocenters. The number of nitrogens with zero attached hydrogens (tertiary/aromatic N) is 5. The van der Waals surface area contributed by atoms with Crippen molar-refractivity contribution in [3.63, 3.8) is 0 Å². The minimum absolute atomic E-state index is 0.119. The lowest BCUT2D eigenvalue weighted by molar-refractivity contribution is -0.137. The van der Waals surface area contributed by atoms with Crippen molar-refractivity contribution in [1.82, 2.24) is 24.6 Å². The zero-order valence-electron chi connectivity index (χ0n) is 19.7. The van der Waals surface area contributed by atoms with Crippen molar-refractivity contribution in [2.75, 3.05) is 23.0 Å². The number of rotatable bonds is 7. The first-order valence-electron chi connectivity index (χ1n) is 11.2. The Kier molecular flexibility index (Phi) is 6.47. The predicted octanol–water partition coefficient (Wildman–Crippen LogP) is 5.37. The molecule has 5 aromatic rings.